The van der Waals surface area contributed by atoms with E-state index < -0.39 is 0 Å². The van der Waals surface area contributed by atoms with Gasteiger partial charge in [-0.1, -0.05) is 25.5 Å². The molecule has 27 heavy (non-hydrogen) atoms. The molecule has 2 heterocycles. The van der Waals surface area contributed by atoms with Crippen molar-refractivity contribution in [3.8, 4) is 5.75 Å². The van der Waals surface area contributed by atoms with Crippen molar-refractivity contribution in [1.29, 1.82) is 0 Å². The topological polar surface area (TPSA) is 69.3 Å². The smallest absolute Gasteiger partial charge is 0.291 e. The van der Waals surface area contributed by atoms with Gasteiger partial charge in [-0.15, -0.1) is 0 Å². The van der Waals surface area contributed by atoms with E-state index in [0.29, 0.717) is 11.4 Å². The Bertz CT molecular complexity index is 894. The zero-order valence-electron chi connectivity index (χ0n) is 16.0. The number of furan rings is 1. The van der Waals surface area contributed by atoms with Crippen molar-refractivity contribution in [3.63, 3.8) is 0 Å². The van der Waals surface area contributed by atoms with E-state index in [1.54, 1.807) is 18.3 Å². The molecule has 0 unspecified atom stereocenters. The van der Waals surface area contributed by atoms with E-state index in [9.17, 15) is 4.79 Å². The average Bonchev–Trinajstić information content (AvgIpc) is 3.29. The number of rotatable bonds is 8. The molecule has 1 N–H and O–H groups in total. The summed E-state index contributed by atoms with van der Waals surface area (Å²) in [5.41, 5.74) is 2.89. The van der Waals surface area contributed by atoms with Crippen molar-refractivity contribution in [2.24, 2.45) is 0 Å². The monoisotopic (exact) mass is 367 g/mol. The molecule has 0 aliphatic heterocycles. The highest BCUT2D eigenvalue weighted by Gasteiger charge is 2.14. The summed E-state index contributed by atoms with van der Waals surface area (Å²) in [6, 6.07) is 11.4. The number of amides is 1. The highest BCUT2D eigenvalue weighted by molar-refractivity contribution is 6.02. The first kappa shape index (κ1) is 18.8. The Morgan fingerprint density at radius 2 is 1.96 bits per heavy atom. The number of carbonyl (C=O) groups excluding carboxylic acids is 1. The Balaban J connectivity index is 1.57. The summed E-state index contributed by atoms with van der Waals surface area (Å²) >= 11 is 0. The summed E-state index contributed by atoms with van der Waals surface area (Å²) in [6.45, 7) is 7.10. The van der Waals surface area contributed by atoms with E-state index in [0.717, 1.165) is 30.8 Å². The minimum absolute atomic E-state index is 0.246. The number of nitrogens with zero attached hydrogens (tertiary/aromatic N) is 2. The molecule has 0 saturated carbocycles. The normalized spacial score (nSPS) is 10.8. The van der Waals surface area contributed by atoms with E-state index in [1.807, 2.05) is 30.7 Å². The second-order valence-corrected chi connectivity index (χ2v) is 6.36. The molecule has 0 aliphatic rings. The molecule has 0 radical (unpaired) electrons. The molecule has 6 nitrogen and oxygen atoms in total. The largest absolute Gasteiger partial charge is 0.486 e. The third-order valence-corrected chi connectivity index (χ3v) is 4.38. The molecule has 0 saturated heterocycles. The lowest BCUT2D eigenvalue weighted by Gasteiger charge is -2.06. The molecule has 142 valence electrons. The van der Waals surface area contributed by atoms with E-state index in [1.165, 1.54) is 5.56 Å². The standard InChI is InChI=1S/C21H25N3O3/c1-4-6-16-7-9-17(10-8-16)26-14-18-11-12-20(27-18)21(25)23-19-13-22-24(5-2)15(19)3/h7-13H,4-6,14H2,1-3H3,(H,23,25). The van der Waals surface area contributed by atoms with Gasteiger partial charge in [0.1, 0.15) is 18.1 Å². The molecule has 0 bridgehead atoms. The zero-order valence-corrected chi connectivity index (χ0v) is 16.0. The van der Waals surface area contributed by atoms with Crippen LogP contribution in [0.25, 0.3) is 0 Å². The van der Waals surface area contributed by atoms with Crippen LogP contribution in [0.1, 0.15) is 47.8 Å². The average molecular weight is 367 g/mol. The van der Waals surface area contributed by atoms with Crippen LogP contribution in [0.4, 0.5) is 5.69 Å². The van der Waals surface area contributed by atoms with Crippen molar-refractivity contribution in [2.45, 2.75) is 46.8 Å². The lowest BCUT2D eigenvalue weighted by molar-refractivity contribution is 0.0992. The molecule has 1 aromatic carbocycles. The van der Waals surface area contributed by atoms with Gasteiger partial charge in [0.15, 0.2) is 5.76 Å². The quantitative estimate of drug-likeness (QED) is 0.632. The lowest BCUT2D eigenvalue weighted by Crippen LogP contribution is -2.11. The van der Waals surface area contributed by atoms with Crippen LogP contribution < -0.4 is 10.1 Å². The SMILES string of the molecule is CCCc1ccc(OCc2ccc(C(=O)Nc3cnn(CC)c3C)o2)cc1. The van der Waals surface area contributed by atoms with Crippen molar-refractivity contribution in [2.75, 3.05) is 5.32 Å². The van der Waals surface area contributed by atoms with E-state index in [-0.39, 0.29) is 18.3 Å². The predicted molar refractivity (Wildman–Crippen MR) is 104 cm³/mol. The van der Waals surface area contributed by atoms with E-state index in [2.05, 4.69) is 29.5 Å². The van der Waals surface area contributed by atoms with Crippen LogP contribution in [0.15, 0.2) is 47.0 Å². The number of carbonyl (C=O) groups is 1. The number of anilines is 1. The van der Waals surface area contributed by atoms with E-state index >= 15 is 0 Å². The summed E-state index contributed by atoms with van der Waals surface area (Å²) < 4.78 is 13.2. The number of aromatic nitrogens is 2. The fourth-order valence-electron chi connectivity index (χ4n) is 2.84. The minimum Gasteiger partial charge on any atom is -0.486 e. The first-order chi connectivity index (χ1) is 13.1. The summed E-state index contributed by atoms with van der Waals surface area (Å²) in [4.78, 5) is 12.4. The molecule has 3 aromatic rings. The van der Waals surface area contributed by atoms with Gasteiger partial charge in [0.2, 0.25) is 0 Å². The number of ether oxygens (including phenoxy) is 1. The number of hydrogen-bond acceptors (Lipinski definition) is 4. The molecule has 0 spiro atoms. The molecule has 0 fully saturated rings. The Morgan fingerprint density at radius 1 is 1.19 bits per heavy atom. The van der Waals surface area contributed by atoms with Gasteiger partial charge in [-0.25, -0.2) is 0 Å². The second-order valence-electron chi connectivity index (χ2n) is 6.36. The summed E-state index contributed by atoms with van der Waals surface area (Å²) in [5, 5.41) is 7.05. The molecular formula is C21H25N3O3. The van der Waals surface area contributed by atoms with Crippen molar-refractivity contribution < 1.29 is 13.9 Å². The van der Waals surface area contributed by atoms with Gasteiger partial charge in [-0.3, -0.25) is 9.48 Å². The lowest BCUT2D eigenvalue weighted by atomic mass is 10.1. The predicted octanol–water partition coefficient (Wildman–Crippen LogP) is 4.59. The highest BCUT2D eigenvalue weighted by atomic mass is 16.5. The highest BCUT2D eigenvalue weighted by Crippen LogP contribution is 2.18. The third kappa shape index (κ3) is 4.58. The van der Waals surface area contributed by atoms with Gasteiger partial charge in [-0.2, -0.15) is 5.10 Å². The fraction of sp³-hybridized carbons (Fsp3) is 0.333. The van der Waals surface area contributed by atoms with Gasteiger partial charge in [-0.05, 0) is 50.1 Å². The van der Waals surface area contributed by atoms with Gasteiger partial charge in [0.05, 0.1) is 17.6 Å². The van der Waals surface area contributed by atoms with Crippen molar-refractivity contribution >= 4 is 11.6 Å². The molecule has 1 amide bonds. The zero-order chi connectivity index (χ0) is 19.2. The first-order valence-corrected chi connectivity index (χ1v) is 9.25. The van der Waals surface area contributed by atoms with Crippen molar-refractivity contribution in [3.05, 3.63) is 65.4 Å². The van der Waals surface area contributed by atoms with Crippen LogP contribution in [0, 0.1) is 6.92 Å². The summed E-state index contributed by atoms with van der Waals surface area (Å²) in [7, 11) is 0. The summed E-state index contributed by atoms with van der Waals surface area (Å²) in [5.74, 6) is 1.32. The molecule has 0 atom stereocenters. The van der Waals surface area contributed by atoms with Crippen LogP contribution in [0.5, 0.6) is 5.75 Å². The summed E-state index contributed by atoms with van der Waals surface area (Å²) in [6.07, 6.45) is 3.83. The maximum absolute atomic E-state index is 12.4. The Labute approximate surface area is 159 Å². The maximum Gasteiger partial charge on any atom is 0.291 e. The minimum atomic E-state index is -0.302. The Hall–Kier alpha value is -3.02. The van der Waals surface area contributed by atoms with Crippen LogP contribution in [-0.2, 0) is 19.6 Å². The number of benzene rings is 1. The van der Waals surface area contributed by atoms with E-state index in [4.69, 9.17) is 9.15 Å². The van der Waals surface area contributed by atoms with Gasteiger partial charge in [0.25, 0.3) is 5.91 Å². The maximum atomic E-state index is 12.4. The van der Waals surface area contributed by atoms with Gasteiger partial charge >= 0.3 is 0 Å². The van der Waals surface area contributed by atoms with Gasteiger partial charge in [0, 0.05) is 6.54 Å². The molecular weight excluding hydrogens is 342 g/mol. The first-order valence-electron chi connectivity index (χ1n) is 9.25. The van der Waals surface area contributed by atoms with Crippen molar-refractivity contribution in [1.82, 2.24) is 9.78 Å². The third-order valence-electron chi connectivity index (χ3n) is 4.38. The molecule has 2 aromatic heterocycles. The number of nitrogens with one attached hydrogen (secondary N) is 1. The van der Waals surface area contributed by atoms with Crippen LogP contribution in [-0.4, -0.2) is 15.7 Å². The number of aryl methyl sites for hydroxylation is 2. The molecule has 0 aliphatic carbocycles. The van der Waals surface area contributed by atoms with Crippen LogP contribution in [0.3, 0.4) is 0 Å². The Morgan fingerprint density at radius 3 is 2.63 bits per heavy atom. The second kappa shape index (κ2) is 8.58. The fourth-order valence-corrected chi connectivity index (χ4v) is 2.84. The van der Waals surface area contributed by atoms with Gasteiger partial charge < -0.3 is 14.5 Å². The molecule has 6 heteroatoms. The number of hydrogen-bond donors (Lipinski definition) is 1. The Kier molecular flexibility index (Phi) is 5.96. The molecule has 3 rings (SSSR count). The van der Waals surface area contributed by atoms with Crippen LogP contribution in [0.2, 0.25) is 0 Å². The van der Waals surface area contributed by atoms with Crippen LogP contribution >= 0.6 is 0 Å².